The van der Waals surface area contributed by atoms with Crippen LogP contribution in [0.4, 0.5) is 5.69 Å². The van der Waals surface area contributed by atoms with Gasteiger partial charge < -0.3 is 14.8 Å². The Morgan fingerprint density at radius 3 is 2.84 bits per heavy atom. The fourth-order valence-corrected chi connectivity index (χ4v) is 2.36. The molecule has 5 nitrogen and oxygen atoms in total. The summed E-state index contributed by atoms with van der Waals surface area (Å²) in [6.07, 6.45) is 1.96. The van der Waals surface area contributed by atoms with E-state index in [1.165, 1.54) is 7.11 Å². The highest BCUT2D eigenvalue weighted by Gasteiger charge is 2.57. The number of hydrogen-bond acceptors (Lipinski definition) is 4. The van der Waals surface area contributed by atoms with Crippen LogP contribution >= 0.6 is 0 Å². The lowest BCUT2D eigenvalue weighted by Gasteiger charge is -2.13. The van der Waals surface area contributed by atoms with E-state index >= 15 is 0 Å². The molecule has 3 rings (SSSR count). The lowest BCUT2D eigenvalue weighted by molar-refractivity contribution is -0.150. The van der Waals surface area contributed by atoms with Crippen LogP contribution in [0, 0.1) is 5.41 Å². The summed E-state index contributed by atoms with van der Waals surface area (Å²) in [5, 5.41) is 2.79. The molecule has 1 amide bonds. The summed E-state index contributed by atoms with van der Waals surface area (Å²) in [5.41, 5.74) is 0.815. The molecule has 5 heteroatoms. The first-order valence-corrected chi connectivity index (χ1v) is 6.31. The fourth-order valence-electron chi connectivity index (χ4n) is 2.36. The van der Waals surface area contributed by atoms with Crippen molar-refractivity contribution >= 4 is 17.6 Å². The predicted molar refractivity (Wildman–Crippen MR) is 68.0 cm³/mol. The summed E-state index contributed by atoms with van der Waals surface area (Å²) < 4.78 is 10.1. The Hall–Kier alpha value is -2.04. The highest BCUT2D eigenvalue weighted by Crippen LogP contribution is 2.47. The molecule has 1 aromatic rings. The van der Waals surface area contributed by atoms with Gasteiger partial charge in [-0.25, -0.2) is 0 Å². The monoisotopic (exact) mass is 261 g/mol. The van der Waals surface area contributed by atoms with Gasteiger partial charge in [0.15, 0.2) is 0 Å². The molecular weight excluding hydrogens is 246 g/mol. The van der Waals surface area contributed by atoms with Gasteiger partial charge >= 0.3 is 5.97 Å². The molecule has 1 aliphatic carbocycles. The van der Waals surface area contributed by atoms with Gasteiger partial charge in [0.1, 0.15) is 11.2 Å². The average Bonchev–Trinajstić information content (AvgIpc) is 3.11. The third-order valence-electron chi connectivity index (χ3n) is 3.71. The van der Waals surface area contributed by atoms with Crippen LogP contribution in [0.5, 0.6) is 5.75 Å². The minimum atomic E-state index is -0.968. The Labute approximate surface area is 110 Å². The Kier molecular flexibility index (Phi) is 2.69. The maximum Gasteiger partial charge on any atom is 0.321 e. The highest BCUT2D eigenvalue weighted by atomic mass is 16.5. The quantitative estimate of drug-likeness (QED) is 0.661. The number of benzene rings is 1. The van der Waals surface area contributed by atoms with Crippen LogP contribution in [0.3, 0.4) is 0 Å². The number of esters is 1. The summed E-state index contributed by atoms with van der Waals surface area (Å²) in [4.78, 5) is 23.8. The zero-order valence-electron chi connectivity index (χ0n) is 10.7. The smallest absolute Gasteiger partial charge is 0.321 e. The van der Waals surface area contributed by atoms with Crippen LogP contribution in [-0.2, 0) is 20.7 Å². The molecule has 0 saturated heterocycles. The van der Waals surface area contributed by atoms with Gasteiger partial charge in [0.2, 0.25) is 5.91 Å². The van der Waals surface area contributed by atoms with Crippen molar-refractivity contribution in [1.29, 1.82) is 0 Å². The molecule has 0 radical (unpaired) electrons. The van der Waals surface area contributed by atoms with E-state index in [4.69, 9.17) is 9.47 Å². The average molecular weight is 261 g/mol. The topological polar surface area (TPSA) is 64.6 Å². The number of methoxy groups -OCH3 is 1. The van der Waals surface area contributed by atoms with Crippen LogP contribution < -0.4 is 10.1 Å². The second kappa shape index (κ2) is 4.26. The van der Waals surface area contributed by atoms with Gasteiger partial charge in [-0.2, -0.15) is 0 Å². The van der Waals surface area contributed by atoms with Gasteiger partial charge in [0.05, 0.1) is 13.7 Å². The largest absolute Gasteiger partial charge is 0.493 e. The lowest BCUT2D eigenvalue weighted by atomic mass is 10.1. The molecule has 19 heavy (non-hydrogen) atoms. The van der Waals surface area contributed by atoms with Crippen molar-refractivity contribution in [2.75, 3.05) is 19.0 Å². The van der Waals surface area contributed by atoms with E-state index < -0.39 is 11.4 Å². The van der Waals surface area contributed by atoms with E-state index in [-0.39, 0.29) is 5.91 Å². The Morgan fingerprint density at radius 1 is 1.37 bits per heavy atom. The van der Waals surface area contributed by atoms with E-state index in [0.717, 1.165) is 17.7 Å². The zero-order valence-corrected chi connectivity index (χ0v) is 10.7. The highest BCUT2D eigenvalue weighted by molar-refractivity contribution is 6.11. The van der Waals surface area contributed by atoms with Crippen LogP contribution in [0.1, 0.15) is 18.4 Å². The summed E-state index contributed by atoms with van der Waals surface area (Å²) in [5.74, 6) is 0.139. The summed E-state index contributed by atoms with van der Waals surface area (Å²) in [6, 6.07) is 5.53. The maximum atomic E-state index is 12.2. The molecule has 1 aliphatic heterocycles. The van der Waals surface area contributed by atoms with E-state index in [1.807, 2.05) is 12.1 Å². The van der Waals surface area contributed by atoms with Gasteiger partial charge in [-0.3, -0.25) is 9.59 Å². The van der Waals surface area contributed by atoms with Gasteiger partial charge in [0.25, 0.3) is 0 Å². The molecule has 0 spiro atoms. The number of nitrogens with one attached hydrogen (secondary N) is 1. The Balaban J connectivity index is 1.75. The molecule has 1 fully saturated rings. The first-order valence-electron chi connectivity index (χ1n) is 6.31. The molecule has 2 aliphatic rings. The number of fused-ring (bicyclic) bond motifs is 1. The molecule has 0 atom stereocenters. The van der Waals surface area contributed by atoms with E-state index in [9.17, 15) is 9.59 Å². The summed E-state index contributed by atoms with van der Waals surface area (Å²) >= 11 is 0. The molecule has 0 unspecified atom stereocenters. The Morgan fingerprint density at radius 2 is 2.16 bits per heavy atom. The van der Waals surface area contributed by atoms with E-state index in [2.05, 4.69) is 5.32 Å². The number of amides is 1. The van der Waals surface area contributed by atoms with Crippen molar-refractivity contribution in [2.24, 2.45) is 5.41 Å². The van der Waals surface area contributed by atoms with Crippen molar-refractivity contribution < 1.29 is 19.1 Å². The maximum absolute atomic E-state index is 12.2. The first kappa shape index (κ1) is 12.0. The normalized spacial score (nSPS) is 18.2. The van der Waals surface area contributed by atoms with Crippen molar-refractivity contribution in [3.05, 3.63) is 23.8 Å². The molecule has 1 aromatic carbocycles. The number of carbonyl (C=O) groups excluding carboxylic acids is 2. The lowest BCUT2D eigenvalue weighted by Crippen LogP contribution is -2.32. The van der Waals surface area contributed by atoms with Crippen LogP contribution in [0.25, 0.3) is 0 Å². The van der Waals surface area contributed by atoms with Crippen molar-refractivity contribution in [1.82, 2.24) is 0 Å². The molecule has 1 saturated carbocycles. The van der Waals surface area contributed by atoms with Gasteiger partial charge in [0, 0.05) is 12.1 Å². The van der Waals surface area contributed by atoms with E-state index in [1.54, 1.807) is 6.07 Å². The number of rotatable bonds is 3. The Bertz CT molecular complexity index is 548. The molecule has 1 N–H and O–H groups in total. The second-order valence-electron chi connectivity index (χ2n) is 4.95. The molecular formula is C14H15NO4. The summed E-state index contributed by atoms with van der Waals surface area (Å²) in [6.45, 7) is 0.679. The number of ether oxygens (including phenoxy) is 2. The van der Waals surface area contributed by atoms with Gasteiger partial charge in [-0.05, 0) is 36.6 Å². The fraction of sp³-hybridized carbons (Fsp3) is 0.429. The SMILES string of the molecule is COC(=O)C1(C(=O)Nc2ccc3c(c2)CCO3)CC1. The van der Waals surface area contributed by atoms with E-state index in [0.29, 0.717) is 25.1 Å². The third-order valence-corrected chi connectivity index (χ3v) is 3.71. The van der Waals surface area contributed by atoms with Gasteiger partial charge in [-0.15, -0.1) is 0 Å². The number of carbonyl (C=O) groups is 2. The van der Waals surface area contributed by atoms with Crippen LogP contribution in [-0.4, -0.2) is 25.6 Å². The molecule has 0 bridgehead atoms. The number of anilines is 1. The van der Waals surface area contributed by atoms with Crippen molar-refractivity contribution in [3.8, 4) is 5.75 Å². The summed E-state index contributed by atoms with van der Waals surface area (Å²) in [7, 11) is 1.31. The molecule has 0 aromatic heterocycles. The predicted octanol–water partition coefficient (Wildman–Crippen LogP) is 1.51. The van der Waals surface area contributed by atoms with Crippen LogP contribution in [0.2, 0.25) is 0 Å². The van der Waals surface area contributed by atoms with Crippen LogP contribution in [0.15, 0.2) is 18.2 Å². The minimum absolute atomic E-state index is 0.279. The zero-order chi connectivity index (χ0) is 13.5. The second-order valence-corrected chi connectivity index (χ2v) is 4.95. The standard InChI is InChI=1S/C14H15NO4/c1-18-13(17)14(5-6-14)12(16)15-10-2-3-11-9(8-10)4-7-19-11/h2-3,8H,4-7H2,1H3,(H,15,16). The first-order chi connectivity index (χ1) is 9.15. The van der Waals surface area contributed by atoms with Crippen molar-refractivity contribution in [2.45, 2.75) is 19.3 Å². The van der Waals surface area contributed by atoms with Crippen molar-refractivity contribution in [3.63, 3.8) is 0 Å². The number of hydrogen-bond donors (Lipinski definition) is 1. The minimum Gasteiger partial charge on any atom is -0.493 e. The molecule has 100 valence electrons. The molecule has 1 heterocycles. The van der Waals surface area contributed by atoms with Gasteiger partial charge in [-0.1, -0.05) is 0 Å². The third kappa shape index (κ3) is 1.95.